The zero-order valence-corrected chi connectivity index (χ0v) is 17.4. The van der Waals surface area contributed by atoms with E-state index in [0.29, 0.717) is 42.5 Å². The summed E-state index contributed by atoms with van der Waals surface area (Å²) >= 11 is 0. The second kappa shape index (κ2) is 9.00. The molecule has 0 amide bonds. The molecule has 6 nitrogen and oxygen atoms in total. The number of rotatable bonds is 5. The van der Waals surface area contributed by atoms with Crippen LogP contribution in [0.2, 0.25) is 0 Å². The normalized spacial score (nSPS) is 22.7. The first-order chi connectivity index (χ1) is 14.5. The molecule has 160 valence electrons. The number of piperidine rings is 1. The first kappa shape index (κ1) is 20.6. The summed E-state index contributed by atoms with van der Waals surface area (Å²) in [5.41, 5.74) is 16.8. The summed E-state index contributed by atoms with van der Waals surface area (Å²) in [5, 5.41) is 3.32. The number of halogens is 1. The highest BCUT2D eigenvalue weighted by atomic mass is 19.1. The van der Waals surface area contributed by atoms with Crippen LogP contribution in [0.5, 0.6) is 0 Å². The molecule has 2 aliphatic rings. The number of anilines is 3. The fraction of sp³-hybridized carbons (Fsp3) is 0.478. The largest absolute Gasteiger partial charge is 0.397 e. The quantitative estimate of drug-likeness (QED) is 0.688. The molecule has 1 saturated heterocycles. The SMILES string of the molecule is C=C(Nc1cnccc1N1C[C@@H](N)C[C@@H](F)C1)c1nc(C2CCCCC2)ccc1N. The van der Waals surface area contributed by atoms with Gasteiger partial charge in [0.25, 0.3) is 0 Å². The summed E-state index contributed by atoms with van der Waals surface area (Å²) < 4.78 is 14.1. The van der Waals surface area contributed by atoms with Gasteiger partial charge >= 0.3 is 0 Å². The first-order valence-electron chi connectivity index (χ1n) is 10.8. The van der Waals surface area contributed by atoms with Crippen LogP contribution >= 0.6 is 0 Å². The summed E-state index contributed by atoms with van der Waals surface area (Å²) in [6, 6.07) is 5.63. The van der Waals surface area contributed by atoms with E-state index in [-0.39, 0.29) is 6.04 Å². The number of alkyl halides is 1. The van der Waals surface area contributed by atoms with Crippen LogP contribution in [0.25, 0.3) is 5.70 Å². The summed E-state index contributed by atoms with van der Waals surface area (Å²) in [7, 11) is 0. The Labute approximate surface area is 177 Å². The van der Waals surface area contributed by atoms with Crippen molar-refractivity contribution in [2.75, 3.05) is 29.0 Å². The van der Waals surface area contributed by atoms with Crippen LogP contribution in [-0.4, -0.2) is 35.3 Å². The molecule has 0 unspecified atom stereocenters. The molecule has 7 heteroatoms. The molecule has 1 saturated carbocycles. The van der Waals surface area contributed by atoms with E-state index < -0.39 is 6.17 Å². The lowest BCUT2D eigenvalue weighted by molar-refractivity contribution is 0.269. The van der Waals surface area contributed by atoms with Crippen LogP contribution in [0, 0.1) is 0 Å². The highest BCUT2D eigenvalue weighted by Gasteiger charge is 2.26. The average Bonchev–Trinajstić information content (AvgIpc) is 2.74. The van der Waals surface area contributed by atoms with Crippen molar-refractivity contribution in [3.05, 3.63) is 48.6 Å². The van der Waals surface area contributed by atoms with Gasteiger partial charge in [-0.15, -0.1) is 0 Å². The van der Waals surface area contributed by atoms with E-state index in [4.69, 9.17) is 16.5 Å². The Balaban J connectivity index is 1.56. The number of aromatic nitrogens is 2. The molecule has 2 aromatic heterocycles. The van der Waals surface area contributed by atoms with Crippen molar-refractivity contribution in [1.29, 1.82) is 0 Å². The van der Waals surface area contributed by atoms with Gasteiger partial charge in [-0.2, -0.15) is 0 Å². The van der Waals surface area contributed by atoms with Crippen LogP contribution < -0.4 is 21.7 Å². The predicted octanol–water partition coefficient (Wildman–Crippen LogP) is 4.06. The number of hydrogen-bond donors (Lipinski definition) is 3. The van der Waals surface area contributed by atoms with E-state index in [2.05, 4.69) is 16.9 Å². The lowest BCUT2D eigenvalue weighted by atomic mass is 9.86. The third kappa shape index (κ3) is 4.56. The molecule has 1 aliphatic carbocycles. The Bertz CT molecular complexity index is 885. The van der Waals surface area contributed by atoms with Gasteiger partial charge in [0.15, 0.2) is 0 Å². The van der Waals surface area contributed by atoms with E-state index in [0.717, 1.165) is 17.1 Å². The second-order valence-electron chi connectivity index (χ2n) is 8.50. The fourth-order valence-electron chi connectivity index (χ4n) is 4.60. The highest BCUT2D eigenvalue weighted by molar-refractivity contribution is 5.84. The Kier molecular flexibility index (Phi) is 6.18. The molecule has 2 aromatic rings. The van der Waals surface area contributed by atoms with Gasteiger partial charge in [0, 0.05) is 36.9 Å². The molecular formula is C23H31FN6. The Hall–Kier alpha value is -2.67. The Morgan fingerprint density at radius 1 is 1.17 bits per heavy atom. The maximum Gasteiger partial charge on any atom is 0.119 e. The molecule has 2 atom stereocenters. The summed E-state index contributed by atoms with van der Waals surface area (Å²) in [4.78, 5) is 11.1. The van der Waals surface area contributed by atoms with E-state index >= 15 is 0 Å². The maximum atomic E-state index is 14.1. The van der Waals surface area contributed by atoms with Gasteiger partial charge in [-0.05, 0) is 37.5 Å². The molecule has 0 aromatic carbocycles. The minimum absolute atomic E-state index is 0.192. The van der Waals surface area contributed by atoms with Crippen LogP contribution in [0.4, 0.5) is 21.5 Å². The number of hydrogen-bond acceptors (Lipinski definition) is 6. The third-order valence-corrected chi connectivity index (χ3v) is 6.11. The second-order valence-corrected chi connectivity index (χ2v) is 8.50. The third-order valence-electron chi connectivity index (χ3n) is 6.11. The van der Waals surface area contributed by atoms with Crippen molar-refractivity contribution < 1.29 is 4.39 Å². The summed E-state index contributed by atoms with van der Waals surface area (Å²) in [5.74, 6) is 0.483. The lowest BCUT2D eigenvalue weighted by Crippen LogP contribution is -2.48. The van der Waals surface area contributed by atoms with E-state index in [9.17, 15) is 4.39 Å². The molecular weight excluding hydrogens is 379 g/mol. The van der Waals surface area contributed by atoms with Gasteiger partial charge in [0.1, 0.15) is 11.9 Å². The molecule has 5 N–H and O–H groups in total. The lowest BCUT2D eigenvalue weighted by Gasteiger charge is -2.35. The summed E-state index contributed by atoms with van der Waals surface area (Å²) in [6.07, 6.45) is 9.01. The standard InChI is InChI=1S/C23H31FN6/c1-15(23-19(26)7-8-20(29-23)16-5-3-2-4-6-16)28-21-12-27-10-9-22(21)30-13-17(24)11-18(25)14-30/h7-10,12,16-18,28H,1-6,11,13-14,25-26H2/t17-,18+/m1/s1. The minimum atomic E-state index is -0.942. The van der Waals surface area contributed by atoms with Crippen molar-refractivity contribution in [2.45, 2.75) is 56.7 Å². The first-order valence-corrected chi connectivity index (χ1v) is 10.8. The Morgan fingerprint density at radius 2 is 1.97 bits per heavy atom. The fourth-order valence-corrected chi connectivity index (χ4v) is 4.60. The minimum Gasteiger partial charge on any atom is -0.397 e. The van der Waals surface area contributed by atoms with Crippen LogP contribution in [0.3, 0.4) is 0 Å². The molecule has 30 heavy (non-hydrogen) atoms. The van der Waals surface area contributed by atoms with Crippen LogP contribution in [0.15, 0.2) is 37.2 Å². The molecule has 0 bridgehead atoms. The van der Waals surface area contributed by atoms with Crippen molar-refractivity contribution in [2.24, 2.45) is 5.73 Å². The van der Waals surface area contributed by atoms with Crippen molar-refractivity contribution in [1.82, 2.24) is 9.97 Å². The zero-order valence-electron chi connectivity index (χ0n) is 17.4. The van der Waals surface area contributed by atoms with Crippen molar-refractivity contribution >= 4 is 22.8 Å². The van der Waals surface area contributed by atoms with Crippen molar-refractivity contribution in [3.63, 3.8) is 0 Å². The number of pyridine rings is 2. The number of nitrogens with zero attached hydrogens (tertiary/aromatic N) is 3. The molecule has 1 aliphatic heterocycles. The number of nitrogen functional groups attached to an aromatic ring is 1. The van der Waals surface area contributed by atoms with Gasteiger partial charge < -0.3 is 21.7 Å². The maximum absolute atomic E-state index is 14.1. The monoisotopic (exact) mass is 410 g/mol. The molecule has 2 fully saturated rings. The van der Waals surface area contributed by atoms with Gasteiger partial charge in [-0.1, -0.05) is 25.8 Å². The predicted molar refractivity (Wildman–Crippen MR) is 121 cm³/mol. The topological polar surface area (TPSA) is 93.1 Å². The molecule has 4 rings (SSSR count). The van der Waals surface area contributed by atoms with E-state index in [1.807, 2.05) is 23.1 Å². The van der Waals surface area contributed by atoms with E-state index in [1.54, 1.807) is 12.4 Å². The molecule has 0 radical (unpaired) electrons. The Morgan fingerprint density at radius 3 is 2.73 bits per heavy atom. The molecule has 0 spiro atoms. The number of nitrogens with one attached hydrogen (secondary N) is 1. The van der Waals surface area contributed by atoms with Gasteiger partial charge in [-0.25, -0.2) is 9.37 Å². The average molecular weight is 411 g/mol. The zero-order chi connectivity index (χ0) is 21.1. The molecule has 3 heterocycles. The smallest absolute Gasteiger partial charge is 0.119 e. The van der Waals surface area contributed by atoms with Gasteiger partial charge in [0.05, 0.1) is 29.0 Å². The van der Waals surface area contributed by atoms with Crippen LogP contribution in [-0.2, 0) is 0 Å². The van der Waals surface area contributed by atoms with Gasteiger partial charge in [0.2, 0.25) is 0 Å². The van der Waals surface area contributed by atoms with Crippen molar-refractivity contribution in [3.8, 4) is 0 Å². The highest BCUT2D eigenvalue weighted by Crippen LogP contribution is 2.34. The number of nitrogens with two attached hydrogens (primary N) is 2. The van der Waals surface area contributed by atoms with E-state index in [1.165, 1.54) is 32.1 Å². The summed E-state index contributed by atoms with van der Waals surface area (Å²) in [6.45, 7) is 5.10. The van der Waals surface area contributed by atoms with Gasteiger partial charge in [-0.3, -0.25) is 4.98 Å². The van der Waals surface area contributed by atoms with Crippen LogP contribution in [0.1, 0.15) is 55.8 Å².